The number of hydrogen-bond acceptors (Lipinski definition) is 2. The molecule has 0 unspecified atom stereocenters. The molecule has 1 aromatic carbocycles. The van der Waals surface area contributed by atoms with E-state index in [1.807, 2.05) is 6.92 Å². The summed E-state index contributed by atoms with van der Waals surface area (Å²) in [7, 11) is 0. The number of halogens is 1. The Morgan fingerprint density at radius 3 is 2.59 bits per heavy atom. The van der Waals surface area contributed by atoms with Crippen LogP contribution in [-0.2, 0) is 5.60 Å². The zero-order chi connectivity index (χ0) is 12.3. The zero-order valence-corrected chi connectivity index (χ0v) is 10.2. The Hall–Kier alpha value is -1.09. The lowest BCUT2D eigenvalue weighted by molar-refractivity contribution is -0.000943. The van der Waals surface area contributed by atoms with Crippen LogP contribution in [0.2, 0.25) is 0 Å². The van der Waals surface area contributed by atoms with Crippen molar-refractivity contribution in [3.63, 3.8) is 0 Å². The molecular formula is C14H19FO2. The fourth-order valence-corrected chi connectivity index (χ4v) is 2.49. The third-order valence-corrected chi connectivity index (χ3v) is 3.45. The monoisotopic (exact) mass is 238 g/mol. The molecule has 94 valence electrons. The first-order chi connectivity index (χ1) is 8.15. The van der Waals surface area contributed by atoms with E-state index in [1.54, 1.807) is 12.1 Å². The van der Waals surface area contributed by atoms with Gasteiger partial charge in [0.15, 0.2) is 11.6 Å². The van der Waals surface area contributed by atoms with Gasteiger partial charge in [-0.25, -0.2) is 4.39 Å². The first kappa shape index (κ1) is 12.4. The smallest absolute Gasteiger partial charge is 0.165 e. The molecule has 0 heterocycles. The van der Waals surface area contributed by atoms with Gasteiger partial charge in [-0.05, 0) is 37.5 Å². The largest absolute Gasteiger partial charge is 0.491 e. The Morgan fingerprint density at radius 2 is 2.00 bits per heavy atom. The molecule has 1 saturated carbocycles. The predicted molar refractivity (Wildman–Crippen MR) is 64.6 cm³/mol. The minimum Gasteiger partial charge on any atom is -0.491 e. The molecule has 3 heteroatoms. The molecule has 0 saturated heterocycles. The standard InChI is InChI=1S/C14H19FO2/c1-2-17-13-7-6-11(10-12(13)15)14(16)8-4-3-5-9-14/h6-7,10,16H,2-5,8-9H2,1H3. The van der Waals surface area contributed by atoms with E-state index in [9.17, 15) is 9.50 Å². The maximum absolute atomic E-state index is 13.7. The lowest BCUT2D eigenvalue weighted by Crippen LogP contribution is -2.28. The van der Waals surface area contributed by atoms with Gasteiger partial charge in [0.05, 0.1) is 12.2 Å². The molecule has 0 spiro atoms. The van der Waals surface area contributed by atoms with Crippen molar-refractivity contribution in [3.8, 4) is 5.75 Å². The molecule has 0 atom stereocenters. The highest BCUT2D eigenvalue weighted by atomic mass is 19.1. The molecule has 2 rings (SSSR count). The molecule has 0 radical (unpaired) electrons. The van der Waals surface area contributed by atoms with E-state index in [0.29, 0.717) is 12.2 Å². The summed E-state index contributed by atoms with van der Waals surface area (Å²) in [6.45, 7) is 2.27. The van der Waals surface area contributed by atoms with Crippen LogP contribution in [0.1, 0.15) is 44.6 Å². The van der Waals surface area contributed by atoms with Crippen LogP contribution in [0.4, 0.5) is 4.39 Å². The minimum atomic E-state index is -0.843. The normalized spacial score (nSPS) is 19.0. The Balaban J connectivity index is 2.24. The van der Waals surface area contributed by atoms with Crippen molar-refractivity contribution in [2.75, 3.05) is 6.61 Å². The number of hydrogen-bond donors (Lipinski definition) is 1. The van der Waals surface area contributed by atoms with E-state index in [-0.39, 0.29) is 11.6 Å². The quantitative estimate of drug-likeness (QED) is 0.874. The molecule has 2 nitrogen and oxygen atoms in total. The summed E-state index contributed by atoms with van der Waals surface area (Å²) in [6, 6.07) is 4.80. The summed E-state index contributed by atoms with van der Waals surface area (Å²) in [5.41, 5.74) is -0.165. The molecule has 1 aliphatic carbocycles. The average molecular weight is 238 g/mol. The fourth-order valence-electron chi connectivity index (χ4n) is 2.49. The highest BCUT2D eigenvalue weighted by molar-refractivity contribution is 5.32. The van der Waals surface area contributed by atoms with Gasteiger partial charge >= 0.3 is 0 Å². The third-order valence-electron chi connectivity index (χ3n) is 3.45. The van der Waals surface area contributed by atoms with Gasteiger partial charge < -0.3 is 9.84 Å². The van der Waals surface area contributed by atoms with Crippen LogP contribution in [0, 0.1) is 5.82 Å². The van der Waals surface area contributed by atoms with E-state index in [2.05, 4.69) is 0 Å². The molecule has 17 heavy (non-hydrogen) atoms. The van der Waals surface area contributed by atoms with Crippen LogP contribution >= 0.6 is 0 Å². The highest BCUT2D eigenvalue weighted by Gasteiger charge is 2.31. The molecule has 0 bridgehead atoms. The molecule has 1 N–H and O–H groups in total. The summed E-state index contributed by atoms with van der Waals surface area (Å²) >= 11 is 0. The van der Waals surface area contributed by atoms with Crippen LogP contribution in [0.15, 0.2) is 18.2 Å². The van der Waals surface area contributed by atoms with E-state index in [4.69, 9.17) is 4.74 Å². The van der Waals surface area contributed by atoms with E-state index < -0.39 is 5.60 Å². The molecular weight excluding hydrogens is 219 g/mol. The van der Waals surface area contributed by atoms with Gasteiger partial charge in [0.1, 0.15) is 0 Å². The van der Waals surface area contributed by atoms with Gasteiger partial charge in [0.2, 0.25) is 0 Å². The van der Waals surface area contributed by atoms with Crippen molar-refractivity contribution in [1.82, 2.24) is 0 Å². The molecule has 0 aromatic heterocycles. The van der Waals surface area contributed by atoms with Crippen LogP contribution in [0.3, 0.4) is 0 Å². The van der Waals surface area contributed by atoms with Crippen LogP contribution < -0.4 is 4.74 Å². The second-order valence-corrected chi connectivity index (χ2v) is 4.67. The maximum atomic E-state index is 13.7. The lowest BCUT2D eigenvalue weighted by atomic mass is 9.80. The average Bonchev–Trinajstić information content (AvgIpc) is 2.33. The van der Waals surface area contributed by atoms with Crippen molar-refractivity contribution in [1.29, 1.82) is 0 Å². The first-order valence-electron chi connectivity index (χ1n) is 6.31. The van der Waals surface area contributed by atoms with Crippen molar-refractivity contribution < 1.29 is 14.2 Å². The SMILES string of the molecule is CCOc1ccc(C2(O)CCCCC2)cc1F. The van der Waals surface area contributed by atoms with Gasteiger partial charge in [-0.15, -0.1) is 0 Å². The van der Waals surface area contributed by atoms with Crippen molar-refractivity contribution in [3.05, 3.63) is 29.6 Å². The summed E-state index contributed by atoms with van der Waals surface area (Å²) in [6.07, 6.45) is 4.61. The summed E-state index contributed by atoms with van der Waals surface area (Å²) in [5.74, 6) is -0.126. The van der Waals surface area contributed by atoms with Gasteiger partial charge in [-0.1, -0.05) is 25.3 Å². The highest BCUT2D eigenvalue weighted by Crippen LogP contribution is 2.38. The predicted octanol–water partition coefficient (Wildman–Crippen LogP) is 3.38. The van der Waals surface area contributed by atoms with Crippen molar-refractivity contribution in [2.45, 2.75) is 44.6 Å². The van der Waals surface area contributed by atoms with E-state index in [0.717, 1.165) is 32.1 Å². The Morgan fingerprint density at radius 1 is 1.29 bits per heavy atom. The van der Waals surface area contributed by atoms with Crippen molar-refractivity contribution >= 4 is 0 Å². The molecule has 0 aliphatic heterocycles. The number of aliphatic hydroxyl groups is 1. The Kier molecular flexibility index (Phi) is 3.67. The topological polar surface area (TPSA) is 29.5 Å². The van der Waals surface area contributed by atoms with E-state index in [1.165, 1.54) is 6.07 Å². The van der Waals surface area contributed by atoms with E-state index >= 15 is 0 Å². The fraction of sp³-hybridized carbons (Fsp3) is 0.571. The van der Waals surface area contributed by atoms with Crippen LogP contribution in [-0.4, -0.2) is 11.7 Å². The summed E-state index contributed by atoms with van der Waals surface area (Å²) in [5, 5.41) is 10.5. The minimum absolute atomic E-state index is 0.260. The van der Waals surface area contributed by atoms with Crippen LogP contribution in [0.25, 0.3) is 0 Å². The molecule has 0 amide bonds. The maximum Gasteiger partial charge on any atom is 0.165 e. The molecule has 1 aliphatic rings. The zero-order valence-electron chi connectivity index (χ0n) is 10.2. The number of rotatable bonds is 3. The lowest BCUT2D eigenvalue weighted by Gasteiger charge is -2.32. The Labute approximate surface area is 101 Å². The Bertz CT molecular complexity index is 384. The number of ether oxygens (including phenoxy) is 1. The molecule has 1 aromatic rings. The summed E-state index contributed by atoms with van der Waals surface area (Å²) in [4.78, 5) is 0. The van der Waals surface area contributed by atoms with Crippen molar-refractivity contribution in [2.24, 2.45) is 0 Å². The third kappa shape index (κ3) is 2.60. The van der Waals surface area contributed by atoms with Gasteiger partial charge in [0.25, 0.3) is 0 Å². The van der Waals surface area contributed by atoms with Gasteiger partial charge in [-0.2, -0.15) is 0 Å². The second-order valence-electron chi connectivity index (χ2n) is 4.67. The second kappa shape index (κ2) is 5.05. The van der Waals surface area contributed by atoms with Crippen LogP contribution in [0.5, 0.6) is 5.75 Å². The summed E-state index contributed by atoms with van der Waals surface area (Å²) < 4.78 is 18.9. The molecule has 1 fully saturated rings. The van der Waals surface area contributed by atoms with Gasteiger partial charge in [0, 0.05) is 0 Å². The van der Waals surface area contributed by atoms with Gasteiger partial charge in [-0.3, -0.25) is 0 Å². The first-order valence-corrected chi connectivity index (χ1v) is 6.31. The number of benzene rings is 1.